The van der Waals surface area contributed by atoms with E-state index in [1.54, 1.807) is 38.5 Å². The highest BCUT2D eigenvalue weighted by atomic mass is 35.5. The first-order chi connectivity index (χ1) is 16.0. The Labute approximate surface area is 198 Å². The quantitative estimate of drug-likeness (QED) is 0.458. The summed E-state index contributed by atoms with van der Waals surface area (Å²) in [4.78, 5) is 25.5. The van der Waals surface area contributed by atoms with E-state index in [0.29, 0.717) is 35.1 Å². The van der Waals surface area contributed by atoms with E-state index in [1.807, 2.05) is 48.5 Å². The third kappa shape index (κ3) is 6.73. The van der Waals surface area contributed by atoms with Crippen LogP contribution in [0.4, 0.5) is 0 Å². The van der Waals surface area contributed by atoms with E-state index in [9.17, 15) is 9.59 Å². The Kier molecular flexibility index (Phi) is 8.72. The smallest absolute Gasteiger partial charge is 0.253 e. The molecule has 0 heterocycles. The number of methoxy groups -OCH3 is 2. The second-order valence-electron chi connectivity index (χ2n) is 7.40. The largest absolute Gasteiger partial charge is 0.497 e. The van der Waals surface area contributed by atoms with Crippen LogP contribution in [0.1, 0.15) is 33.9 Å². The minimum atomic E-state index is -0.495. The first-order valence-electron chi connectivity index (χ1n) is 10.6. The van der Waals surface area contributed by atoms with Gasteiger partial charge in [-0.1, -0.05) is 60.1 Å². The number of amides is 2. The molecule has 0 bridgehead atoms. The fourth-order valence-corrected chi connectivity index (χ4v) is 3.69. The van der Waals surface area contributed by atoms with Crippen molar-refractivity contribution in [2.75, 3.05) is 20.8 Å². The molecule has 1 unspecified atom stereocenters. The van der Waals surface area contributed by atoms with Crippen molar-refractivity contribution in [3.05, 3.63) is 94.5 Å². The highest BCUT2D eigenvalue weighted by molar-refractivity contribution is 6.33. The van der Waals surface area contributed by atoms with E-state index >= 15 is 0 Å². The minimum absolute atomic E-state index is 0.0972. The molecule has 0 saturated heterocycles. The van der Waals surface area contributed by atoms with Crippen molar-refractivity contribution >= 4 is 23.4 Å². The van der Waals surface area contributed by atoms with Crippen LogP contribution in [0, 0.1) is 0 Å². The molecule has 6 nitrogen and oxygen atoms in total. The van der Waals surface area contributed by atoms with Crippen LogP contribution in [0.15, 0.2) is 72.8 Å². The van der Waals surface area contributed by atoms with Crippen molar-refractivity contribution in [2.24, 2.45) is 0 Å². The van der Waals surface area contributed by atoms with E-state index in [2.05, 4.69) is 10.6 Å². The van der Waals surface area contributed by atoms with Gasteiger partial charge in [0.1, 0.15) is 11.5 Å². The molecule has 172 valence electrons. The van der Waals surface area contributed by atoms with Gasteiger partial charge < -0.3 is 20.1 Å². The molecule has 3 aromatic carbocycles. The van der Waals surface area contributed by atoms with Gasteiger partial charge >= 0.3 is 0 Å². The van der Waals surface area contributed by atoms with Crippen LogP contribution in [0.2, 0.25) is 5.02 Å². The molecule has 0 saturated carbocycles. The molecule has 1 atom stereocenters. The molecule has 3 rings (SSSR count). The lowest BCUT2D eigenvalue weighted by Crippen LogP contribution is -2.34. The maximum atomic E-state index is 12.8. The Morgan fingerprint density at radius 1 is 0.939 bits per heavy atom. The molecule has 0 aliphatic carbocycles. The number of hydrogen-bond donors (Lipinski definition) is 2. The Morgan fingerprint density at radius 2 is 1.67 bits per heavy atom. The monoisotopic (exact) mass is 466 g/mol. The fourth-order valence-electron chi connectivity index (χ4n) is 3.47. The van der Waals surface area contributed by atoms with Gasteiger partial charge in [0.05, 0.1) is 37.3 Å². The number of nitrogens with one attached hydrogen (secondary N) is 2. The zero-order valence-corrected chi connectivity index (χ0v) is 19.4. The summed E-state index contributed by atoms with van der Waals surface area (Å²) in [5.74, 6) is 0.915. The molecule has 0 radical (unpaired) electrons. The number of halogens is 1. The van der Waals surface area contributed by atoms with Gasteiger partial charge in [-0.15, -0.1) is 0 Å². The van der Waals surface area contributed by atoms with Gasteiger partial charge in [0.25, 0.3) is 5.91 Å². The van der Waals surface area contributed by atoms with Crippen LogP contribution >= 0.6 is 11.6 Å². The van der Waals surface area contributed by atoms with Gasteiger partial charge in [0, 0.05) is 12.6 Å². The third-order valence-electron chi connectivity index (χ3n) is 5.23. The highest BCUT2D eigenvalue weighted by Gasteiger charge is 2.20. The van der Waals surface area contributed by atoms with E-state index in [4.69, 9.17) is 21.1 Å². The summed E-state index contributed by atoms with van der Waals surface area (Å²) in [5.41, 5.74) is 2.17. The van der Waals surface area contributed by atoms with Gasteiger partial charge in [0.2, 0.25) is 5.91 Å². The van der Waals surface area contributed by atoms with Crippen molar-refractivity contribution in [2.45, 2.75) is 18.9 Å². The summed E-state index contributed by atoms with van der Waals surface area (Å²) in [7, 11) is 3.20. The van der Waals surface area contributed by atoms with Gasteiger partial charge in [0.15, 0.2) is 0 Å². The summed E-state index contributed by atoms with van der Waals surface area (Å²) < 4.78 is 10.6. The SMILES string of the molecule is COc1ccc(CCNC(=O)CC(NC(=O)c2ccccc2Cl)c2ccccc2)c(OC)c1. The zero-order valence-electron chi connectivity index (χ0n) is 18.6. The van der Waals surface area contributed by atoms with E-state index in [0.717, 1.165) is 11.1 Å². The van der Waals surface area contributed by atoms with Crippen molar-refractivity contribution < 1.29 is 19.1 Å². The van der Waals surface area contributed by atoms with Crippen LogP contribution in [-0.4, -0.2) is 32.6 Å². The Morgan fingerprint density at radius 3 is 2.36 bits per heavy atom. The number of ether oxygens (including phenoxy) is 2. The lowest BCUT2D eigenvalue weighted by Gasteiger charge is -2.19. The second kappa shape index (κ2) is 11.9. The molecular weight excluding hydrogens is 440 g/mol. The second-order valence-corrected chi connectivity index (χ2v) is 7.81. The molecular formula is C26H27ClN2O4. The van der Waals surface area contributed by atoms with Crippen LogP contribution < -0.4 is 20.1 Å². The number of carbonyl (C=O) groups is 2. The summed E-state index contributed by atoms with van der Waals surface area (Å²) in [6.07, 6.45) is 0.695. The van der Waals surface area contributed by atoms with Gasteiger partial charge in [-0.3, -0.25) is 9.59 Å². The summed E-state index contributed by atoms with van der Waals surface area (Å²) >= 11 is 6.17. The number of rotatable bonds is 10. The lowest BCUT2D eigenvalue weighted by molar-refractivity contribution is -0.121. The maximum Gasteiger partial charge on any atom is 0.253 e. The first kappa shape index (κ1) is 24.1. The van der Waals surface area contributed by atoms with Crippen LogP contribution in [0.3, 0.4) is 0 Å². The Balaban J connectivity index is 1.63. The topological polar surface area (TPSA) is 76.7 Å². The molecule has 0 spiro atoms. The normalized spacial score (nSPS) is 11.4. The average Bonchev–Trinajstić information content (AvgIpc) is 2.84. The molecule has 2 N–H and O–H groups in total. The van der Waals surface area contributed by atoms with Crippen LogP contribution in [0.5, 0.6) is 11.5 Å². The van der Waals surface area contributed by atoms with Gasteiger partial charge in [-0.05, 0) is 35.7 Å². The maximum absolute atomic E-state index is 12.8. The molecule has 0 fully saturated rings. The van der Waals surface area contributed by atoms with Gasteiger partial charge in [-0.25, -0.2) is 0 Å². The van der Waals surface area contributed by atoms with Crippen molar-refractivity contribution in [1.29, 1.82) is 0 Å². The molecule has 3 aromatic rings. The van der Waals surface area contributed by atoms with E-state index < -0.39 is 6.04 Å². The predicted octanol–water partition coefficient (Wildman–Crippen LogP) is 4.58. The van der Waals surface area contributed by atoms with E-state index in [1.165, 1.54) is 0 Å². The fraction of sp³-hybridized carbons (Fsp3) is 0.231. The van der Waals surface area contributed by atoms with Crippen molar-refractivity contribution in [3.8, 4) is 11.5 Å². The number of hydrogen-bond acceptors (Lipinski definition) is 4. The summed E-state index contributed by atoms with van der Waals surface area (Å²) in [6.45, 7) is 0.432. The Hall–Kier alpha value is -3.51. The van der Waals surface area contributed by atoms with E-state index in [-0.39, 0.29) is 18.2 Å². The Bertz CT molecular complexity index is 1090. The van der Waals surface area contributed by atoms with Crippen LogP contribution in [-0.2, 0) is 11.2 Å². The number of benzene rings is 3. The zero-order chi connectivity index (χ0) is 23.6. The average molecular weight is 467 g/mol. The van der Waals surface area contributed by atoms with Crippen LogP contribution in [0.25, 0.3) is 0 Å². The molecule has 0 aromatic heterocycles. The standard InChI is InChI=1S/C26H27ClN2O4/c1-32-20-13-12-19(24(16-20)33-2)14-15-28-25(30)17-23(18-8-4-3-5-9-18)29-26(31)21-10-6-7-11-22(21)27/h3-13,16,23H,14-15,17H2,1-2H3,(H,28,30)(H,29,31). The number of carbonyl (C=O) groups excluding carboxylic acids is 2. The molecule has 0 aliphatic heterocycles. The molecule has 0 aliphatic rings. The summed E-state index contributed by atoms with van der Waals surface area (Å²) in [6, 6.07) is 21.3. The van der Waals surface area contributed by atoms with Gasteiger partial charge in [-0.2, -0.15) is 0 Å². The molecule has 7 heteroatoms. The summed E-state index contributed by atoms with van der Waals surface area (Å²) in [5, 5.41) is 6.24. The lowest BCUT2D eigenvalue weighted by atomic mass is 10.0. The van der Waals surface area contributed by atoms with Crippen molar-refractivity contribution in [3.63, 3.8) is 0 Å². The van der Waals surface area contributed by atoms with Crippen molar-refractivity contribution in [1.82, 2.24) is 10.6 Å². The molecule has 2 amide bonds. The first-order valence-corrected chi connectivity index (χ1v) is 11.0. The minimum Gasteiger partial charge on any atom is -0.497 e. The third-order valence-corrected chi connectivity index (χ3v) is 5.56. The molecule has 33 heavy (non-hydrogen) atoms. The predicted molar refractivity (Wildman–Crippen MR) is 129 cm³/mol. The highest BCUT2D eigenvalue weighted by Crippen LogP contribution is 2.25.